The number of esters is 1. The normalized spacial score (nSPS) is 24.8. The highest BCUT2D eigenvalue weighted by Crippen LogP contribution is 2.51. The maximum Gasteiger partial charge on any atom is 0.306 e. The van der Waals surface area contributed by atoms with Gasteiger partial charge in [-0.05, 0) is 54.3 Å². The Balaban J connectivity index is 1.16. The molecule has 9 heteroatoms. The first-order chi connectivity index (χ1) is 18.2. The van der Waals surface area contributed by atoms with Crippen LogP contribution in [0.25, 0.3) is 0 Å². The van der Waals surface area contributed by atoms with Crippen molar-refractivity contribution in [3.63, 3.8) is 0 Å². The van der Waals surface area contributed by atoms with Gasteiger partial charge >= 0.3 is 5.97 Å². The van der Waals surface area contributed by atoms with Gasteiger partial charge in [0.25, 0.3) is 11.8 Å². The van der Waals surface area contributed by atoms with E-state index in [2.05, 4.69) is 14.1 Å². The van der Waals surface area contributed by atoms with Gasteiger partial charge in [-0.3, -0.25) is 19.3 Å². The van der Waals surface area contributed by atoms with Crippen LogP contribution in [0.5, 0.6) is 0 Å². The van der Waals surface area contributed by atoms with Crippen molar-refractivity contribution >= 4 is 40.5 Å². The second-order valence-electron chi connectivity index (χ2n) is 11.1. The van der Waals surface area contributed by atoms with Crippen LogP contribution in [-0.4, -0.2) is 66.5 Å². The van der Waals surface area contributed by atoms with Gasteiger partial charge in [0, 0.05) is 21.6 Å². The molecule has 0 saturated heterocycles. The Kier molecular flexibility index (Phi) is 6.30. The third-order valence-corrected chi connectivity index (χ3v) is 10.6. The number of likely N-dealkylation sites (N-methyl/N-ethyl adjacent to an activating group) is 1. The van der Waals surface area contributed by atoms with Gasteiger partial charge in [0.15, 0.2) is 0 Å². The van der Waals surface area contributed by atoms with E-state index in [9.17, 15) is 19.5 Å². The monoisotopic (exact) mass is 550 g/mol. The van der Waals surface area contributed by atoms with E-state index in [1.807, 2.05) is 10.8 Å². The molecule has 0 spiro atoms. The Labute approximate surface area is 229 Å². The SMILES string of the molecule is C[N+](C)(CCN1C(=O)c2ccccc2C1=O)C1C2CC[C@@H]1[C@H](OC(=O)C([O-])(c1cccs1)c1cccs1)C2. The fraction of sp³-hybridized carbons (Fsp3) is 0.414. The smallest absolute Gasteiger partial charge is 0.306 e. The number of ether oxygens (including phenoxy) is 1. The van der Waals surface area contributed by atoms with Crippen molar-refractivity contribution in [2.75, 3.05) is 27.2 Å². The number of imide groups is 1. The van der Waals surface area contributed by atoms with Crippen LogP contribution in [0.15, 0.2) is 59.3 Å². The molecule has 4 atom stereocenters. The molecule has 2 amide bonds. The fourth-order valence-electron chi connectivity index (χ4n) is 6.91. The second-order valence-corrected chi connectivity index (χ2v) is 13.0. The average Bonchev–Trinajstić information content (AvgIpc) is 3.74. The van der Waals surface area contributed by atoms with Gasteiger partial charge in [-0.1, -0.05) is 24.3 Å². The Morgan fingerprint density at radius 1 is 1.00 bits per heavy atom. The van der Waals surface area contributed by atoms with Crippen LogP contribution in [0.4, 0.5) is 0 Å². The van der Waals surface area contributed by atoms with Crippen LogP contribution < -0.4 is 5.11 Å². The first-order valence-corrected chi connectivity index (χ1v) is 14.7. The van der Waals surface area contributed by atoms with Crippen LogP contribution in [0.2, 0.25) is 0 Å². The van der Waals surface area contributed by atoms with Gasteiger partial charge in [0.2, 0.25) is 0 Å². The Morgan fingerprint density at radius 3 is 2.16 bits per heavy atom. The van der Waals surface area contributed by atoms with Crippen LogP contribution in [0, 0.1) is 11.8 Å². The number of amides is 2. The van der Waals surface area contributed by atoms with Crippen LogP contribution in [0.1, 0.15) is 49.7 Å². The summed E-state index contributed by atoms with van der Waals surface area (Å²) in [6.07, 6.45) is 2.42. The summed E-state index contributed by atoms with van der Waals surface area (Å²) in [5.41, 5.74) is -1.13. The number of fused-ring (bicyclic) bond motifs is 3. The largest absolute Gasteiger partial charge is 0.833 e. The first-order valence-electron chi connectivity index (χ1n) is 13.0. The fourth-order valence-corrected chi connectivity index (χ4v) is 8.61. The molecule has 2 aliphatic carbocycles. The highest BCUT2D eigenvalue weighted by atomic mass is 32.1. The average molecular weight is 551 g/mol. The summed E-state index contributed by atoms with van der Waals surface area (Å²) in [5, 5.41) is 17.7. The number of rotatable bonds is 8. The van der Waals surface area contributed by atoms with Gasteiger partial charge < -0.3 is 14.3 Å². The number of benzene rings is 1. The van der Waals surface area contributed by atoms with Gasteiger partial charge in [0.05, 0.1) is 50.0 Å². The number of hydrogen-bond acceptors (Lipinski definition) is 7. The van der Waals surface area contributed by atoms with Gasteiger partial charge in [-0.15, -0.1) is 22.7 Å². The van der Waals surface area contributed by atoms with E-state index in [4.69, 9.17) is 4.74 Å². The standard InChI is InChI=1S/C29H30N2O5S2/c1-31(2,14-13-30-26(32)19-7-3-4-8-20(19)27(30)33)25-18-11-12-21(25)22(17-18)36-28(34)29(35,23-9-5-15-37-23)24-10-6-16-38-24/h3-10,15-16,18,21-22,25H,11-14,17H2,1-2H3/t18?,21-,22-,25?/m1/s1. The molecule has 198 valence electrons. The van der Waals surface area contributed by atoms with E-state index in [-0.39, 0.29) is 29.9 Å². The zero-order chi connectivity index (χ0) is 26.7. The van der Waals surface area contributed by atoms with Crippen molar-refractivity contribution in [3.8, 4) is 0 Å². The summed E-state index contributed by atoms with van der Waals surface area (Å²) < 4.78 is 6.69. The van der Waals surface area contributed by atoms with Gasteiger partial charge in [0.1, 0.15) is 6.10 Å². The Morgan fingerprint density at radius 2 is 1.61 bits per heavy atom. The number of thiophene rings is 2. The predicted octanol–water partition coefficient (Wildman–Crippen LogP) is 3.50. The van der Waals surface area contributed by atoms with E-state index in [1.165, 1.54) is 27.6 Å². The maximum atomic E-state index is 14.1. The van der Waals surface area contributed by atoms with E-state index >= 15 is 0 Å². The lowest BCUT2D eigenvalue weighted by atomic mass is 9.96. The summed E-state index contributed by atoms with van der Waals surface area (Å²) in [7, 11) is 4.26. The molecule has 7 nitrogen and oxygen atoms in total. The molecule has 2 unspecified atom stereocenters. The van der Waals surface area contributed by atoms with Crippen molar-refractivity contribution in [1.29, 1.82) is 0 Å². The van der Waals surface area contributed by atoms with E-state index in [1.54, 1.807) is 48.5 Å². The Bertz CT molecular complexity index is 1300. The molecule has 0 radical (unpaired) electrons. The molecule has 3 aliphatic rings. The highest BCUT2D eigenvalue weighted by Gasteiger charge is 2.57. The third-order valence-electron chi connectivity index (χ3n) is 8.67. The molecule has 2 bridgehead atoms. The predicted molar refractivity (Wildman–Crippen MR) is 143 cm³/mol. The van der Waals surface area contributed by atoms with Gasteiger partial charge in [-0.2, -0.15) is 0 Å². The zero-order valence-electron chi connectivity index (χ0n) is 21.4. The number of hydrogen-bond donors (Lipinski definition) is 0. The minimum absolute atomic E-state index is 0.136. The summed E-state index contributed by atoms with van der Waals surface area (Å²) in [5.74, 6) is -0.701. The zero-order valence-corrected chi connectivity index (χ0v) is 23.0. The van der Waals surface area contributed by atoms with Crippen molar-refractivity contribution in [1.82, 2.24) is 4.90 Å². The molecule has 6 rings (SSSR count). The summed E-state index contributed by atoms with van der Waals surface area (Å²) in [6, 6.07) is 14.2. The maximum absolute atomic E-state index is 14.1. The molecule has 2 aromatic heterocycles. The van der Waals surface area contributed by atoms with Crippen LogP contribution >= 0.6 is 22.7 Å². The third kappa shape index (κ3) is 3.95. The Hall–Kier alpha value is -2.85. The van der Waals surface area contributed by atoms with E-state index in [0.717, 1.165) is 19.3 Å². The summed E-state index contributed by atoms with van der Waals surface area (Å²) in [6.45, 7) is 0.944. The molecule has 38 heavy (non-hydrogen) atoms. The molecule has 0 N–H and O–H groups in total. The van der Waals surface area contributed by atoms with E-state index < -0.39 is 11.6 Å². The topological polar surface area (TPSA) is 86.7 Å². The molecule has 1 aliphatic heterocycles. The molecule has 2 saturated carbocycles. The lowest BCUT2D eigenvalue weighted by molar-refractivity contribution is -0.919. The molecule has 2 fully saturated rings. The molecule has 3 aromatic rings. The lowest BCUT2D eigenvalue weighted by Gasteiger charge is -2.40. The summed E-state index contributed by atoms with van der Waals surface area (Å²) in [4.78, 5) is 41.5. The van der Waals surface area contributed by atoms with Crippen molar-refractivity contribution in [2.24, 2.45) is 11.8 Å². The van der Waals surface area contributed by atoms with Crippen molar-refractivity contribution < 1.29 is 28.7 Å². The minimum atomic E-state index is -2.06. The first kappa shape index (κ1) is 25.4. The van der Waals surface area contributed by atoms with Crippen molar-refractivity contribution in [2.45, 2.75) is 37.0 Å². The molecular formula is C29H30N2O5S2. The highest BCUT2D eigenvalue weighted by molar-refractivity contribution is 7.12. The number of nitrogens with zero attached hydrogens (tertiary/aromatic N) is 2. The van der Waals surface area contributed by atoms with Gasteiger partial charge in [-0.25, -0.2) is 0 Å². The molecular weight excluding hydrogens is 520 g/mol. The summed E-state index contributed by atoms with van der Waals surface area (Å²) >= 11 is 2.56. The number of carbonyl (C=O) groups excluding carboxylic acids is 3. The van der Waals surface area contributed by atoms with Crippen molar-refractivity contribution in [3.05, 3.63) is 80.2 Å². The lowest BCUT2D eigenvalue weighted by Crippen LogP contribution is -2.55. The van der Waals surface area contributed by atoms with Crippen LogP contribution in [-0.2, 0) is 15.1 Å². The van der Waals surface area contributed by atoms with E-state index in [0.29, 0.717) is 44.4 Å². The second kappa shape index (κ2) is 9.41. The quantitative estimate of drug-likeness (QED) is 0.244. The minimum Gasteiger partial charge on any atom is -0.833 e. The number of carbonyl (C=O) groups is 3. The number of quaternary nitrogens is 1. The van der Waals surface area contributed by atoms with Crippen LogP contribution in [0.3, 0.4) is 0 Å². The molecule has 3 heterocycles. The molecule has 1 aromatic carbocycles.